The van der Waals surface area contributed by atoms with E-state index in [0.717, 1.165) is 10.0 Å². The fraction of sp³-hybridized carbons (Fsp3) is 0.200. The van der Waals surface area contributed by atoms with E-state index in [-0.39, 0.29) is 6.42 Å². The van der Waals surface area contributed by atoms with Crippen LogP contribution in [0.4, 0.5) is 0 Å². The van der Waals surface area contributed by atoms with Crippen molar-refractivity contribution in [1.29, 1.82) is 5.26 Å². The minimum atomic E-state index is -0.962. The van der Waals surface area contributed by atoms with Gasteiger partial charge in [0.25, 0.3) is 0 Å². The Bertz CT molecular complexity index is 384. The molecule has 0 amide bonds. The maximum atomic E-state index is 10.5. The number of hydrogen-bond acceptors (Lipinski definition) is 2. The fourth-order valence-electron chi connectivity index (χ4n) is 1.14. The first-order valence-corrected chi connectivity index (χ1v) is 4.79. The maximum absolute atomic E-state index is 10.5. The maximum Gasteiger partial charge on any atom is 0.305 e. The van der Waals surface area contributed by atoms with E-state index in [0.29, 0.717) is 0 Å². The van der Waals surface area contributed by atoms with E-state index in [1.165, 1.54) is 0 Å². The summed E-state index contributed by atoms with van der Waals surface area (Å²) in [6.07, 6.45) is -0.160. The number of rotatable bonds is 3. The largest absolute Gasteiger partial charge is 0.481 e. The summed E-state index contributed by atoms with van der Waals surface area (Å²) < 4.78 is 0.848. The molecule has 1 rings (SSSR count). The van der Waals surface area contributed by atoms with E-state index in [1.807, 2.05) is 12.1 Å². The van der Waals surface area contributed by atoms with E-state index in [2.05, 4.69) is 15.9 Å². The lowest BCUT2D eigenvalue weighted by Gasteiger charge is -2.06. The molecular weight excluding hydrogens is 246 g/mol. The molecule has 1 unspecified atom stereocenters. The molecule has 14 heavy (non-hydrogen) atoms. The number of carbonyl (C=O) groups is 1. The highest BCUT2D eigenvalue weighted by Gasteiger charge is 2.14. The highest BCUT2D eigenvalue weighted by atomic mass is 79.9. The summed E-state index contributed by atoms with van der Waals surface area (Å²) in [7, 11) is 0. The third kappa shape index (κ3) is 2.86. The Morgan fingerprint density at radius 2 is 2.36 bits per heavy atom. The predicted molar refractivity (Wildman–Crippen MR) is 54.7 cm³/mol. The monoisotopic (exact) mass is 253 g/mol. The van der Waals surface area contributed by atoms with Crippen molar-refractivity contribution in [1.82, 2.24) is 0 Å². The van der Waals surface area contributed by atoms with Gasteiger partial charge in [-0.25, -0.2) is 0 Å². The van der Waals surface area contributed by atoms with Gasteiger partial charge in [-0.2, -0.15) is 5.26 Å². The normalized spacial score (nSPS) is 11.7. The third-order valence-electron chi connectivity index (χ3n) is 1.79. The molecule has 0 saturated heterocycles. The van der Waals surface area contributed by atoms with Crippen molar-refractivity contribution in [3.63, 3.8) is 0 Å². The summed E-state index contributed by atoms with van der Waals surface area (Å²) in [6, 6.07) is 9.10. The molecule has 4 heteroatoms. The molecule has 0 aliphatic rings. The molecule has 0 spiro atoms. The second-order valence-electron chi connectivity index (χ2n) is 2.83. The average molecular weight is 254 g/mol. The zero-order valence-electron chi connectivity index (χ0n) is 7.27. The van der Waals surface area contributed by atoms with E-state index < -0.39 is 11.9 Å². The summed E-state index contributed by atoms with van der Waals surface area (Å²) in [6.45, 7) is 0. The number of nitrogens with zero attached hydrogens (tertiary/aromatic N) is 1. The number of nitriles is 1. The van der Waals surface area contributed by atoms with Gasteiger partial charge in [-0.3, -0.25) is 4.79 Å². The SMILES string of the molecule is N#CC(CC(=O)O)c1cccc(Br)c1. The van der Waals surface area contributed by atoms with Crippen LogP contribution in [0.15, 0.2) is 28.7 Å². The molecule has 1 atom stereocenters. The van der Waals surface area contributed by atoms with Gasteiger partial charge in [-0.05, 0) is 17.7 Å². The predicted octanol–water partition coefficient (Wildman–Crippen LogP) is 2.53. The molecule has 1 N–H and O–H groups in total. The second kappa shape index (κ2) is 4.77. The molecular formula is C10H8BrNO2. The van der Waals surface area contributed by atoms with E-state index in [9.17, 15) is 4.79 Å². The Morgan fingerprint density at radius 3 is 2.86 bits per heavy atom. The van der Waals surface area contributed by atoms with Gasteiger partial charge in [0.2, 0.25) is 0 Å². The highest BCUT2D eigenvalue weighted by Crippen LogP contribution is 2.22. The number of halogens is 1. The summed E-state index contributed by atoms with van der Waals surface area (Å²) in [5.41, 5.74) is 0.726. The van der Waals surface area contributed by atoms with Crippen LogP contribution in [0, 0.1) is 11.3 Å². The van der Waals surface area contributed by atoms with Gasteiger partial charge in [-0.15, -0.1) is 0 Å². The Labute approximate surface area is 90.1 Å². The van der Waals surface area contributed by atoms with E-state index in [1.54, 1.807) is 18.2 Å². The number of carboxylic acids is 1. The van der Waals surface area contributed by atoms with Crippen LogP contribution in [0.25, 0.3) is 0 Å². The van der Waals surface area contributed by atoms with Crippen LogP contribution in [-0.4, -0.2) is 11.1 Å². The van der Waals surface area contributed by atoms with Gasteiger partial charge < -0.3 is 5.11 Å². The molecule has 0 aliphatic heterocycles. The average Bonchev–Trinajstić information content (AvgIpc) is 2.14. The number of hydrogen-bond donors (Lipinski definition) is 1. The Balaban J connectivity index is 2.90. The van der Waals surface area contributed by atoms with Crippen LogP contribution in [0.5, 0.6) is 0 Å². The molecule has 1 aromatic carbocycles. The molecule has 0 saturated carbocycles. The molecule has 0 aliphatic carbocycles. The standard InChI is InChI=1S/C10H8BrNO2/c11-9-3-1-2-7(4-9)8(6-12)5-10(13)14/h1-4,8H,5H2,(H,13,14). The Morgan fingerprint density at radius 1 is 1.64 bits per heavy atom. The number of aliphatic carboxylic acids is 1. The van der Waals surface area contributed by atoms with Gasteiger partial charge in [0, 0.05) is 4.47 Å². The van der Waals surface area contributed by atoms with Crippen molar-refractivity contribution in [3.05, 3.63) is 34.3 Å². The van der Waals surface area contributed by atoms with Crippen LogP contribution >= 0.6 is 15.9 Å². The van der Waals surface area contributed by atoms with Crippen LogP contribution < -0.4 is 0 Å². The third-order valence-corrected chi connectivity index (χ3v) is 2.28. The minimum Gasteiger partial charge on any atom is -0.481 e. The smallest absolute Gasteiger partial charge is 0.305 e. The van der Waals surface area contributed by atoms with E-state index in [4.69, 9.17) is 10.4 Å². The lowest BCUT2D eigenvalue weighted by Crippen LogP contribution is -2.04. The second-order valence-corrected chi connectivity index (χ2v) is 3.75. The quantitative estimate of drug-likeness (QED) is 0.901. The lowest BCUT2D eigenvalue weighted by molar-refractivity contribution is -0.137. The van der Waals surface area contributed by atoms with Gasteiger partial charge >= 0.3 is 5.97 Å². The molecule has 0 heterocycles. The molecule has 1 aromatic rings. The topological polar surface area (TPSA) is 61.1 Å². The molecule has 0 radical (unpaired) electrons. The zero-order valence-corrected chi connectivity index (χ0v) is 8.86. The first-order valence-electron chi connectivity index (χ1n) is 4.00. The van der Waals surface area contributed by atoms with Crippen molar-refractivity contribution < 1.29 is 9.90 Å². The zero-order chi connectivity index (χ0) is 10.6. The molecule has 3 nitrogen and oxygen atoms in total. The summed E-state index contributed by atoms with van der Waals surface area (Å²) in [4.78, 5) is 10.5. The van der Waals surface area contributed by atoms with Gasteiger partial charge in [-0.1, -0.05) is 28.1 Å². The first-order chi connectivity index (χ1) is 6.63. The van der Waals surface area contributed by atoms with Crippen LogP contribution in [-0.2, 0) is 4.79 Å². The summed E-state index contributed by atoms with van der Waals surface area (Å²) in [5, 5.41) is 17.4. The van der Waals surface area contributed by atoms with E-state index >= 15 is 0 Å². The van der Waals surface area contributed by atoms with Crippen LogP contribution in [0.1, 0.15) is 17.9 Å². The summed E-state index contributed by atoms with van der Waals surface area (Å²) >= 11 is 3.27. The van der Waals surface area contributed by atoms with Crippen molar-refractivity contribution >= 4 is 21.9 Å². The molecule has 0 aromatic heterocycles. The Kier molecular flexibility index (Phi) is 3.66. The van der Waals surface area contributed by atoms with Crippen molar-refractivity contribution in [3.8, 4) is 6.07 Å². The Hall–Kier alpha value is -1.34. The van der Waals surface area contributed by atoms with Crippen molar-refractivity contribution in [2.24, 2.45) is 0 Å². The lowest BCUT2D eigenvalue weighted by atomic mass is 9.98. The van der Waals surface area contributed by atoms with Crippen molar-refractivity contribution in [2.75, 3.05) is 0 Å². The number of benzene rings is 1. The molecule has 0 fully saturated rings. The number of carboxylic acid groups (broad SMARTS) is 1. The first kappa shape index (κ1) is 10.7. The van der Waals surface area contributed by atoms with Gasteiger partial charge in [0.15, 0.2) is 0 Å². The minimum absolute atomic E-state index is 0.160. The fourth-order valence-corrected chi connectivity index (χ4v) is 1.55. The van der Waals surface area contributed by atoms with Crippen molar-refractivity contribution in [2.45, 2.75) is 12.3 Å². The molecule has 0 bridgehead atoms. The van der Waals surface area contributed by atoms with Gasteiger partial charge in [0.1, 0.15) is 0 Å². The summed E-state index contributed by atoms with van der Waals surface area (Å²) in [5.74, 6) is -1.54. The highest BCUT2D eigenvalue weighted by molar-refractivity contribution is 9.10. The van der Waals surface area contributed by atoms with Crippen LogP contribution in [0.2, 0.25) is 0 Å². The van der Waals surface area contributed by atoms with Crippen LogP contribution in [0.3, 0.4) is 0 Å². The molecule has 72 valence electrons. The van der Waals surface area contributed by atoms with Gasteiger partial charge in [0.05, 0.1) is 18.4 Å².